The van der Waals surface area contributed by atoms with Crippen LogP contribution in [0.1, 0.15) is 290 Å². The van der Waals surface area contributed by atoms with E-state index in [1.54, 1.807) is 0 Å². The van der Waals surface area contributed by atoms with Crippen molar-refractivity contribution in [2.45, 2.75) is 345 Å². The van der Waals surface area contributed by atoms with Crippen LogP contribution >= 0.6 is 0 Å². The highest BCUT2D eigenvalue weighted by atomic mass is 16.7. The SMILES string of the molecule is CCCCCCCC/C=C/CC/C=C/CC/C=C/CCCC(O)C(O)C(COC1OC(CO)C(O)C(O)C1O)NC(=O)C(O)CCCCCCCCCCCCCCCC/C=C\CCCCCCCCCCCCCC. The third-order valence-electron chi connectivity index (χ3n) is 15.3. The Morgan fingerprint density at radius 2 is 0.789 bits per heavy atom. The van der Waals surface area contributed by atoms with E-state index in [9.17, 15) is 40.5 Å². The van der Waals surface area contributed by atoms with Crippen molar-refractivity contribution in [3.05, 3.63) is 48.6 Å². The second-order valence-electron chi connectivity index (χ2n) is 22.5. The van der Waals surface area contributed by atoms with Crippen LogP contribution in [0.2, 0.25) is 0 Å². The molecule has 1 rings (SSSR count). The third kappa shape index (κ3) is 41.1. The summed E-state index contributed by atoms with van der Waals surface area (Å²) in [6, 6.07) is -1.20. The molecule has 9 unspecified atom stereocenters. The Morgan fingerprint density at radius 1 is 0.447 bits per heavy atom. The van der Waals surface area contributed by atoms with Gasteiger partial charge in [-0.05, 0) is 89.9 Å². The van der Waals surface area contributed by atoms with Gasteiger partial charge in [0.05, 0.1) is 25.4 Å². The Hall–Kier alpha value is -1.93. The molecular formula is C65H121NO10. The van der Waals surface area contributed by atoms with E-state index in [0.717, 1.165) is 44.9 Å². The number of hydrogen-bond acceptors (Lipinski definition) is 10. The zero-order valence-electron chi connectivity index (χ0n) is 49.0. The number of nitrogens with one attached hydrogen (secondary N) is 1. The van der Waals surface area contributed by atoms with Crippen LogP contribution in [0.4, 0.5) is 0 Å². The van der Waals surface area contributed by atoms with Crippen molar-refractivity contribution in [3.8, 4) is 0 Å². The number of ether oxygens (including phenoxy) is 2. The summed E-state index contributed by atoms with van der Waals surface area (Å²) >= 11 is 0. The Balaban J connectivity index is 2.25. The Labute approximate surface area is 466 Å². The molecule has 0 aromatic carbocycles. The lowest BCUT2D eigenvalue weighted by atomic mass is 9.98. The molecule has 1 aliphatic rings. The van der Waals surface area contributed by atoms with Gasteiger partial charge in [0.2, 0.25) is 5.91 Å². The summed E-state index contributed by atoms with van der Waals surface area (Å²) in [5, 5.41) is 76.2. The fourth-order valence-electron chi connectivity index (χ4n) is 10.1. The molecule has 0 aromatic rings. The van der Waals surface area contributed by atoms with Gasteiger partial charge >= 0.3 is 0 Å². The predicted molar refractivity (Wildman–Crippen MR) is 316 cm³/mol. The number of amides is 1. The maximum Gasteiger partial charge on any atom is 0.249 e. The number of carbonyl (C=O) groups excluding carboxylic acids is 1. The van der Waals surface area contributed by atoms with Crippen molar-refractivity contribution in [2.75, 3.05) is 13.2 Å². The van der Waals surface area contributed by atoms with Crippen molar-refractivity contribution in [1.82, 2.24) is 5.32 Å². The van der Waals surface area contributed by atoms with Crippen LogP contribution in [-0.4, -0.2) is 110 Å². The van der Waals surface area contributed by atoms with Crippen molar-refractivity contribution < 1.29 is 50.0 Å². The minimum absolute atomic E-state index is 0.241. The predicted octanol–water partition coefficient (Wildman–Crippen LogP) is 14.4. The van der Waals surface area contributed by atoms with E-state index in [1.807, 2.05) is 0 Å². The number of allylic oxidation sites excluding steroid dienone is 8. The van der Waals surface area contributed by atoms with Gasteiger partial charge in [0.25, 0.3) is 0 Å². The number of hydrogen-bond donors (Lipinski definition) is 8. The standard InChI is InChI=1S/C65H121NO10/c1-3-5-7-9-11-13-15-17-19-21-23-24-25-26-27-28-29-30-31-32-33-35-37-39-41-43-45-47-49-51-53-58(69)64(74)66-56(55-75-65-63(73)62(72)61(71)59(54-67)76-65)60(70)57(68)52-50-48-46-44-42-40-38-36-34-22-20-18-16-14-12-10-8-6-4-2/h18,20,26-27,36,38,44,46,56-63,65,67-73H,3-17,19,21-25,28-35,37,39-43,45,47-55H2,1-2H3,(H,66,74)/b20-18+,27-26-,38-36+,46-44+. The normalized spacial score (nSPS) is 19.9. The van der Waals surface area contributed by atoms with Gasteiger partial charge in [0.1, 0.15) is 36.6 Å². The van der Waals surface area contributed by atoms with Crippen LogP contribution in [0.3, 0.4) is 0 Å². The monoisotopic (exact) mass is 1080 g/mol. The molecule has 0 saturated carbocycles. The topological polar surface area (TPSA) is 189 Å². The summed E-state index contributed by atoms with van der Waals surface area (Å²) in [5.74, 6) is -0.710. The zero-order valence-corrected chi connectivity index (χ0v) is 49.0. The lowest BCUT2D eigenvalue weighted by molar-refractivity contribution is -0.303. The molecule has 11 heteroatoms. The summed E-state index contributed by atoms with van der Waals surface area (Å²) in [6.45, 7) is 3.45. The average molecular weight is 1080 g/mol. The van der Waals surface area contributed by atoms with Crippen LogP contribution < -0.4 is 5.32 Å². The van der Waals surface area contributed by atoms with Crippen LogP contribution in [0.15, 0.2) is 48.6 Å². The average Bonchev–Trinajstić information content (AvgIpc) is 3.42. The van der Waals surface area contributed by atoms with E-state index in [-0.39, 0.29) is 12.8 Å². The van der Waals surface area contributed by atoms with Crippen LogP contribution in [0.5, 0.6) is 0 Å². The molecule has 1 amide bonds. The van der Waals surface area contributed by atoms with Gasteiger partial charge in [-0.15, -0.1) is 0 Å². The van der Waals surface area contributed by atoms with Crippen LogP contribution in [-0.2, 0) is 14.3 Å². The molecule has 0 radical (unpaired) electrons. The molecule has 1 fully saturated rings. The largest absolute Gasteiger partial charge is 0.394 e. The van der Waals surface area contributed by atoms with Gasteiger partial charge in [0.15, 0.2) is 6.29 Å². The molecule has 0 aliphatic carbocycles. The first-order chi connectivity index (χ1) is 37.2. The molecule has 0 aromatic heterocycles. The van der Waals surface area contributed by atoms with E-state index in [0.29, 0.717) is 19.3 Å². The second kappa shape index (κ2) is 53.7. The van der Waals surface area contributed by atoms with E-state index >= 15 is 0 Å². The molecule has 76 heavy (non-hydrogen) atoms. The fraction of sp³-hybridized carbons (Fsp3) is 0.862. The lowest BCUT2D eigenvalue weighted by Gasteiger charge is -2.40. The smallest absolute Gasteiger partial charge is 0.249 e. The highest BCUT2D eigenvalue weighted by Gasteiger charge is 2.44. The van der Waals surface area contributed by atoms with E-state index in [2.05, 4.69) is 67.8 Å². The molecule has 8 N–H and O–H groups in total. The zero-order chi connectivity index (χ0) is 55.4. The number of aliphatic hydroxyl groups excluding tert-OH is 7. The second-order valence-corrected chi connectivity index (χ2v) is 22.5. The molecule has 0 bridgehead atoms. The number of carbonyl (C=O) groups is 1. The van der Waals surface area contributed by atoms with Crippen LogP contribution in [0, 0.1) is 0 Å². The summed E-state index contributed by atoms with van der Waals surface area (Å²) in [6.07, 6.45) is 57.5. The first-order valence-electron chi connectivity index (χ1n) is 32.0. The van der Waals surface area contributed by atoms with Crippen molar-refractivity contribution in [1.29, 1.82) is 0 Å². The highest BCUT2D eigenvalue weighted by Crippen LogP contribution is 2.23. The highest BCUT2D eigenvalue weighted by molar-refractivity contribution is 5.80. The molecule has 0 spiro atoms. The maximum absolute atomic E-state index is 13.2. The van der Waals surface area contributed by atoms with Crippen LogP contribution in [0.25, 0.3) is 0 Å². The maximum atomic E-state index is 13.2. The van der Waals surface area contributed by atoms with Gasteiger partial charge in [-0.2, -0.15) is 0 Å². The number of rotatable bonds is 55. The minimum atomic E-state index is -1.67. The summed E-state index contributed by atoms with van der Waals surface area (Å²) < 4.78 is 11.1. The van der Waals surface area contributed by atoms with Crippen molar-refractivity contribution in [3.63, 3.8) is 0 Å². The fourth-order valence-corrected chi connectivity index (χ4v) is 10.1. The molecule has 1 aliphatic heterocycles. The molecule has 1 saturated heterocycles. The molecular weight excluding hydrogens is 955 g/mol. The molecule has 9 atom stereocenters. The molecule has 1 heterocycles. The van der Waals surface area contributed by atoms with Crippen molar-refractivity contribution in [2.24, 2.45) is 0 Å². The summed E-state index contributed by atoms with van der Waals surface area (Å²) in [5.41, 5.74) is 0. The molecule has 446 valence electrons. The summed E-state index contributed by atoms with van der Waals surface area (Å²) in [7, 11) is 0. The Morgan fingerprint density at radius 3 is 1.17 bits per heavy atom. The number of aliphatic hydroxyl groups is 7. The van der Waals surface area contributed by atoms with Crippen molar-refractivity contribution >= 4 is 5.91 Å². The first kappa shape index (κ1) is 72.1. The Bertz CT molecular complexity index is 1370. The number of unbranched alkanes of at least 4 members (excludes halogenated alkanes) is 35. The minimum Gasteiger partial charge on any atom is -0.394 e. The summed E-state index contributed by atoms with van der Waals surface area (Å²) in [4.78, 5) is 13.2. The van der Waals surface area contributed by atoms with Gasteiger partial charge in [-0.1, -0.05) is 249 Å². The van der Waals surface area contributed by atoms with E-state index in [4.69, 9.17) is 9.47 Å². The van der Waals surface area contributed by atoms with Gasteiger partial charge in [0, 0.05) is 0 Å². The van der Waals surface area contributed by atoms with Gasteiger partial charge in [-0.25, -0.2) is 0 Å². The lowest BCUT2D eigenvalue weighted by Crippen LogP contribution is -2.60. The third-order valence-corrected chi connectivity index (χ3v) is 15.3. The Kier molecular flexibility index (Phi) is 50.9. The quantitative estimate of drug-likeness (QED) is 0.0215. The van der Waals surface area contributed by atoms with E-state index in [1.165, 1.54) is 199 Å². The molecule has 11 nitrogen and oxygen atoms in total. The van der Waals surface area contributed by atoms with E-state index < -0.39 is 74.2 Å². The van der Waals surface area contributed by atoms with Gasteiger partial charge < -0.3 is 50.5 Å². The first-order valence-corrected chi connectivity index (χ1v) is 32.0. The van der Waals surface area contributed by atoms with Gasteiger partial charge in [-0.3, -0.25) is 4.79 Å².